The van der Waals surface area contributed by atoms with E-state index in [0.29, 0.717) is 6.04 Å². The van der Waals surface area contributed by atoms with Crippen molar-refractivity contribution in [2.75, 3.05) is 13.1 Å². The van der Waals surface area contributed by atoms with E-state index in [-0.39, 0.29) is 5.91 Å². The normalized spacial score (nSPS) is 19.8. The summed E-state index contributed by atoms with van der Waals surface area (Å²) in [5.41, 5.74) is 0. The summed E-state index contributed by atoms with van der Waals surface area (Å²) >= 11 is 0. The predicted molar refractivity (Wildman–Crippen MR) is 48.9 cm³/mol. The lowest BCUT2D eigenvalue weighted by Gasteiger charge is -2.28. The lowest BCUT2D eigenvalue weighted by Crippen LogP contribution is -2.42. The fourth-order valence-electron chi connectivity index (χ4n) is 1.46. The quantitative estimate of drug-likeness (QED) is 0.645. The highest BCUT2D eigenvalue weighted by molar-refractivity contribution is 5.73. The summed E-state index contributed by atoms with van der Waals surface area (Å²) in [7, 11) is 0. The molecular formula is C9H18N2O. The van der Waals surface area contributed by atoms with E-state index in [1.807, 2.05) is 0 Å². The molecule has 12 heavy (non-hydrogen) atoms. The lowest BCUT2D eigenvalue weighted by atomic mass is 9.95. The average Bonchev–Trinajstić information content (AvgIpc) is 1.81. The van der Waals surface area contributed by atoms with Gasteiger partial charge in [0.1, 0.15) is 0 Å². The van der Waals surface area contributed by atoms with Crippen molar-refractivity contribution in [1.82, 2.24) is 10.6 Å². The van der Waals surface area contributed by atoms with Crippen molar-refractivity contribution in [1.29, 1.82) is 0 Å². The second kappa shape index (κ2) is 4.45. The molecule has 1 unspecified atom stereocenters. The van der Waals surface area contributed by atoms with Crippen molar-refractivity contribution >= 4 is 5.91 Å². The van der Waals surface area contributed by atoms with Gasteiger partial charge in [0.15, 0.2) is 0 Å². The van der Waals surface area contributed by atoms with Crippen LogP contribution in [0.15, 0.2) is 0 Å². The van der Waals surface area contributed by atoms with Gasteiger partial charge in [0.25, 0.3) is 0 Å². The number of hydrogen-bond donors (Lipinski definition) is 2. The lowest BCUT2D eigenvalue weighted by molar-refractivity contribution is -0.119. The molecule has 3 heteroatoms. The minimum atomic E-state index is 0.0780. The minimum absolute atomic E-state index is 0.0780. The van der Waals surface area contributed by atoms with E-state index in [4.69, 9.17) is 0 Å². The van der Waals surface area contributed by atoms with Gasteiger partial charge in [-0.3, -0.25) is 4.79 Å². The summed E-state index contributed by atoms with van der Waals surface area (Å²) in [5.74, 6) is 0.926. The molecule has 1 fully saturated rings. The van der Waals surface area contributed by atoms with Crippen LogP contribution in [0, 0.1) is 5.92 Å². The van der Waals surface area contributed by atoms with E-state index in [1.54, 1.807) is 6.92 Å². The third kappa shape index (κ3) is 3.22. The Kier molecular flexibility index (Phi) is 3.53. The number of amides is 1. The van der Waals surface area contributed by atoms with Crippen LogP contribution in [0.5, 0.6) is 0 Å². The number of carbonyl (C=O) groups is 1. The molecular weight excluding hydrogens is 152 g/mol. The molecule has 1 aliphatic heterocycles. The van der Waals surface area contributed by atoms with E-state index >= 15 is 0 Å². The van der Waals surface area contributed by atoms with Crippen molar-refractivity contribution in [3.05, 3.63) is 0 Å². The van der Waals surface area contributed by atoms with Gasteiger partial charge in [-0.1, -0.05) is 0 Å². The van der Waals surface area contributed by atoms with Gasteiger partial charge in [0, 0.05) is 13.0 Å². The van der Waals surface area contributed by atoms with Crippen molar-refractivity contribution < 1.29 is 4.79 Å². The molecule has 2 N–H and O–H groups in total. The van der Waals surface area contributed by atoms with Gasteiger partial charge in [-0.2, -0.15) is 0 Å². The summed E-state index contributed by atoms with van der Waals surface area (Å²) in [5, 5.41) is 6.13. The summed E-state index contributed by atoms with van der Waals surface area (Å²) in [6.45, 7) is 5.95. The smallest absolute Gasteiger partial charge is 0.217 e. The molecule has 1 heterocycles. The maximum Gasteiger partial charge on any atom is 0.217 e. The molecule has 0 aromatic heterocycles. The first-order valence-electron chi connectivity index (χ1n) is 4.66. The largest absolute Gasteiger partial charge is 0.354 e. The zero-order valence-corrected chi connectivity index (χ0v) is 7.89. The zero-order valence-electron chi connectivity index (χ0n) is 7.89. The Morgan fingerprint density at radius 3 is 2.75 bits per heavy atom. The Bertz CT molecular complexity index is 155. The van der Waals surface area contributed by atoms with Crippen molar-refractivity contribution in [3.8, 4) is 0 Å². The SMILES string of the molecule is CC(=O)NC(C)CCC1CNC1. The Balaban J connectivity index is 2.00. The zero-order chi connectivity index (χ0) is 8.97. The van der Waals surface area contributed by atoms with Gasteiger partial charge in [0.05, 0.1) is 0 Å². The Hall–Kier alpha value is -0.570. The first-order chi connectivity index (χ1) is 5.68. The third-order valence-corrected chi connectivity index (χ3v) is 2.32. The molecule has 0 aromatic carbocycles. The average molecular weight is 170 g/mol. The van der Waals surface area contributed by atoms with Gasteiger partial charge in [-0.25, -0.2) is 0 Å². The number of rotatable bonds is 4. The van der Waals surface area contributed by atoms with Crippen LogP contribution < -0.4 is 10.6 Å². The topological polar surface area (TPSA) is 41.1 Å². The minimum Gasteiger partial charge on any atom is -0.354 e. The van der Waals surface area contributed by atoms with Crippen LogP contribution >= 0.6 is 0 Å². The van der Waals surface area contributed by atoms with Gasteiger partial charge < -0.3 is 10.6 Å². The standard InChI is InChI=1S/C9H18N2O/c1-7(11-8(2)12)3-4-9-5-10-6-9/h7,9-10H,3-6H2,1-2H3,(H,11,12). The Labute approximate surface area is 73.9 Å². The van der Waals surface area contributed by atoms with Crippen LogP contribution in [0.25, 0.3) is 0 Å². The van der Waals surface area contributed by atoms with Gasteiger partial charge in [-0.05, 0) is 38.8 Å². The fraction of sp³-hybridized carbons (Fsp3) is 0.889. The Morgan fingerprint density at radius 1 is 1.67 bits per heavy atom. The molecule has 1 atom stereocenters. The molecule has 0 aliphatic carbocycles. The second-order valence-electron chi connectivity index (χ2n) is 3.70. The molecule has 0 radical (unpaired) electrons. The van der Waals surface area contributed by atoms with E-state index in [2.05, 4.69) is 17.6 Å². The summed E-state index contributed by atoms with van der Waals surface area (Å²) in [6, 6.07) is 0.336. The molecule has 0 bridgehead atoms. The molecule has 1 saturated heterocycles. The third-order valence-electron chi connectivity index (χ3n) is 2.32. The van der Waals surface area contributed by atoms with E-state index in [1.165, 1.54) is 6.42 Å². The maximum atomic E-state index is 10.7. The van der Waals surface area contributed by atoms with Crippen LogP contribution in [0.4, 0.5) is 0 Å². The van der Waals surface area contributed by atoms with Gasteiger partial charge >= 0.3 is 0 Å². The predicted octanol–water partition coefficient (Wildman–Crippen LogP) is 0.511. The molecule has 0 spiro atoms. The first-order valence-corrected chi connectivity index (χ1v) is 4.66. The van der Waals surface area contributed by atoms with Crippen LogP contribution in [0.1, 0.15) is 26.7 Å². The highest BCUT2D eigenvalue weighted by Crippen LogP contribution is 2.12. The van der Waals surface area contributed by atoms with E-state index < -0.39 is 0 Å². The van der Waals surface area contributed by atoms with Crippen LogP contribution in [0.3, 0.4) is 0 Å². The highest BCUT2D eigenvalue weighted by atomic mass is 16.1. The summed E-state index contributed by atoms with van der Waals surface area (Å²) in [6.07, 6.45) is 2.33. The molecule has 0 aromatic rings. The second-order valence-corrected chi connectivity index (χ2v) is 3.70. The van der Waals surface area contributed by atoms with Crippen molar-refractivity contribution in [3.63, 3.8) is 0 Å². The maximum absolute atomic E-state index is 10.7. The number of nitrogens with one attached hydrogen (secondary N) is 2. The summed E-state index contributed by atoms with van der Waals surface area (Å²) in [4.78, 5) is 10.7. The Morgan fingerprint density at radius 2 is 2.33 bits per heavy atom. The fourth-order valence-corrected chi connectivity index (χ4v) is 1.46. The van der Waals surface area contributed by atoms with Crippen LogP contribution in [-0.2, 0) is 4.79 Å². The molecule has 3 nitrogen and oxygen atoms in total. The van der Waals surface area contributed by atoms with E-state index in [9.17, 15) is 4.79 Å². The number of carbonyl (C=O) groups excluding carboxylic acids is 1. The van der Waals surface area contributed by atoms with Crippen LogP contribution in [0.2, 0.25) is 0 Å². The van der Waals surface area contributed by atoms with Crippen molar-refractivity contribution in [2.45, 2.75) is 32.7 Å². The van der Waals surface area contributed by atoms with Gasteiger partial charge in [-0.15, -0.1) is 0 Å². The molecule has 1 rings (SSSR count). The highest BCUT2D eigenvalue weighted by Gasteiger charge is 2.17. The molecule has 1 aliphatic rings. The molecule has 70 valence electrons. The van der Waals surface area contributed by atoms with Crippen molar-refractivity contribution in [2.24, 2.45) is 5.92 Å². The van der Waals surface area contributed by atoms with Gasteiger partial charge in [0.2, 0.25) is 5.91 Å². The number of hydrogen-bond acceptors (Lipinski definition) is 2. The molecule has 0 saturated carbocycles. The first kappa shape index (κ1) is 9.52. The van der Waals surface area contributed by atoms with Crippen LogP contribution in [-0.4, -0.2) is 25.0 Å². The monoisotopic (exact) mass is 170 g/mol. The molecule has 1 amide bonds. The van der Waals surface area contributed by atoms with E-state index in [0.717, 1.165) is 25.4 Å². The summed E-state index contributed by atoms with van der Waals surface area (Å²) < 4.78 is 0.